The molecule has 0 bridgehead atoms. The van der Waals surface area contributed by atoms with Crippen LogP contribution in [0.5, 0.6) is 0 Å². The Kier molecular flexibility index (Phi) is 5.01. The normalized spacial score (nSPS) is 11.4. The van der Waals surface area contributed by atoms with Crippen molar-refractivity contribution in [2.45, 2.75) is 17.7 Å². The SMILES string of the molecule is O=C(CCc1cccc(Cl)c1)NS(=O)(=O)c1cccc2cnccc12. The van der Waals surface area contributed by atoms with Crippen LogP contribution in [0.3, 0.4) is 0 Å². The van der Waals surface area contributed by atoms with Gasteiger partial charge in [0.1, 0.15) is 0 Å². The van der Waals surface area contributed by atoms with E-state index in [1.165, 1.54) is 12.3 Å². The molecule has 0 spiro atoms. The van der Waals surface area contributed by atoms with Crippen molar-refractivity contribution in [3.8, 4) is 0 Å². The fourth-order valence-electron chi connectivity index (χ4n) is 2.53. The molecule has 0 aliphatic heterocycles. The van der Waals surface area contributed by atoms with Crippen molar-refractivity contribution in [3.63, 3.8) is 0 Å². The minimum Gasteiger partial charge on any atom is -0.274 e. The number of hydrogen-bond donors (Lipinski definition) is 1. The lowest BCUT2D eigenvalue weighted by molar-refractivity contribution is -0.119. The van der Waals surface area contributed by atoms with Gasteiger partial charge in [-0.1, -0.05) is 35.9 Å². The van der Waals surface area contributed by atoms with E-state index in [-0.39, 0.29) is 11.3 Å². The third kappa shape index (κ3) is 4.15. The van der Waals surface area contributed by atoms with E-state index in [9.17, 15) is 13.2 Å². The van der Waals surface area contributed by atoms with E-state index in [0.29, 0.717) is 22.2 Å². The first-order valence-electron chi connectivity index (χ1n) is 7.58. The summed E-state index contributed by atoms with van der Waals surface area (Å²) in [4.78, 5) is 16.1. The number of aryl methyl sites for hydroxylation is 1. The maximum absolute atomic E-state index is 12.5. The summed E-state index contributed by atoms with van der Waals surface area (Å²) in [5.74, 6) is -0.564. The maximum atomic E-state index is 12.5. The molecule has 0 saturated heterocycles. The zero-order chi connectivity index (χ0) is 17.9. The van der Waals surface area contributed by atoms with Gasteiger partial charge in [0.15, 0.2) is 0 Å². The van der Waals surface area contributed by atoms with Gasteiger partial charge in [-0.2, -0.15) is 0 Å². The first-order chi connectivity index (χ1) is 12.0. The molecule has 3 aromatic rings. The van der Waals surface area contributed by atoms with Crippen LogP contribution in [-0.2, 0) is 21.2 Å². The van der Waals surface area contributed by atoms with Crippen molar-refractivity contribution in [3.05, 3.63) is 71.5 Å². The zero-order valence-corrected chi connectivity index (χ0v) is 14.7. The fourth-order valence-corrected chi connectivity index (χ4v) is 3.99. The summed E-state index contributed by atoms with van der Waals surface area (Å²) in [7, 11) is -3.95. The summed E-state index contributed by atoms with van der Waals surface area (Å²) >= 11 is 5.90. The van der Waals surface area contributed by atoms with E-state index < -0.39 is 15.9 Å². The average Bonchev–Trinajstić information content (AvgIpc) is 2.59. The largest absolute Gasteiger partial charge is 0.274 e. The van der Waals surface area contributed by atoms with Gasteiger partial charge < -0.3 is 0 Å². The predicted octanol–water partition coefficient (Wildman–Crippen LogP) is 3.33. The van der Waals surface area contributed by atoms with Crippen molar-refractivity contribution in [2.24, 2.45) is 0 Å². The quantitative estimate of drug-likeness (QED) is 0.743. The first kappa shape index (κ1) is 17.4. The number of halogens is 1. The van der Waals surface area contributed by atoms with E-state index >= 15 is 0 Å². The Morgan fingerprint density at radius 1 is 1.12 bits per heavy atom. The van der Waals surface area contributed by atoms with E-state index in [0.717, 1.165) is 5.56 Å². The number of pyridine rings is 1. The second-order valence-corrected chi connectivity index (χ2v) is 7.60. The van der Waals surface area contributed by atoms with Gasteiger partial charge in [-0.25, -0.2) is 13.1 Å². The lowest BCUT2D eigenvalue weighted by Crippen LogP contribution is -2.30. The summed E-state index contributed by atoms with van der Waals surface area (Å²) in [6, 6.07) is 13.6. The number of rotatable bonds is 5. The van der Waals surface area contributed by atoms with Gasteiger partial charge in [0.2, 0.25) is 5.91 Å². The number of aromatic nitrogens is 1. The third-order valence-corrected chi connectivity index (χ3v) is 5.37. The highest BCUT2D eigenvalue weighted by Gasteiger charge is 2.20. The van der Waals surface area contributed by atoms with Gasteiger partial charge in [-0.15, -0.1) is 0 Å². The molecule has 0 fully saturated rings. The van der Waals surface area contributed by atoms with E-state index in [4.69, 9.17) is 11.6 Å². The molecule has 1 aromatic heterocycles. The first-order valence-corrected chi connectivity index (χ1v) is 9.45. The highest BCUT2D eigenvalue weighted by Crippen LogP contribution is 2.22. The van der Waals surface area contributed by atoms with Crippen LogP contribution in [0.2, 0.25) is 5.02 Å². The van der Waals surface area contributed by atoms with Gasteiger partial charge in [0.25, 0.3) is 10.0 Å². The number of amides is 1. The number of hydrogen-bond acceptors (Lipinski definition) is 4. The second kappa shape index (κ2) is 7.21. The van der Waals surface area contributed by atoms with Crippen LogP contribution in [0.25, 0.3) is 10.8 Å². The molecule has 0 saturated carbocycles. The van der Waals surface area contributed by atoms with Crippen LogP contribution in [0, 0.1) is 0 Å². The van der Waals surface area contributed by atoms with Crippen LogP contribution < -0.4 is 4.72 Å². The fraction of sp³-hybridized carbons (Fsp3) is 0.111. The summed E-state index contributed by atoms with van der Waals surface area (Å²) in [5.41, 5.74) is 0.872. The number of carbonyl (C=O) groups excluding carboxylic acids is 1. The van der Waals surface area contributed by atoms with Gasteiger partial charge in [0.05, 0.1) is 4.90 Å². The van der Waals surface area contributed by atoms with Crippen molar-refractivity contribution >= 4 is 38.3 Å². The number of benzene rings is 2. The average molecular weight is 375 g/mol. The maximum Gasteiger partial charge on any atom is 0.264 e. The monoisotopic (exact) mass is 374 g/mol. The molecule has 1 amide bonds. The molecular weight excluding hydrogens is 360 g/mol. The van der Waals surface area contributed by atoms with Crippen LogP contribution in [0.1, 0.15) is 12.0 Å². The van der Waals surface area contributed by atoms with Crippen LogP contribution in [-0.4, -0.2) is 19.3 Å². The van der Waals surface area contributed by atoms with Crippen molar-refractivity contribution < 1.29 is 13.2 Å². The Bertz CT molecular complexity index is 1030. The molecule has 0 aliphatic carbocycles. The Balaban J connectivity index is 1.75. The number of sulfonamides is 1. The van der Waals surface area contributed by atoms with E-state index in [1.54, 1.807) is 42.6 Å². The molecule has 128 valence electrons. The topological polar surface area (TPSA) is 76.1 Å². The van der Waals surface area contributed by atoms with Crippen molar-refractivity contribution in [2.75, 3.05) is 0 Å². The lowest BCUT2D eigenvalue weighted by atomic mass is 10.1. The molecule has 1 N–H and O–H groups in total. The van der Waals surface area contributed by atoms with Crippen molar-refractivity contribution in [1.82, 2.24) is 9.71 Å². The molecular formula is C18H15ClN2O3S. The molecule has 5 nitrogen and oxygen atoms in total. The highest BCUT2D eigenvalue weighted by atomic mass is 35.5. The highest BCUT2D eigenvalue weighted by molar-refractivity contribution is 7.90. The van der Waals surface area contributed by atoms with Gasteiger partial charge in [-0.05, 0) is 36.2 Å². The zero-order valence-electron chi connectivity index (χ0n) is 13.1. The van der Waals surface area contributed by atoms with Crippen LogP contribution >= 0.6 is 11.6 Å². The van der Waals surface area contributed by atoms with E-state index in [1.807, 2.05) is 6.07 Å². The molecule has 3 rings (SSSR count). The predicted molar refractivity (Wildman–Crippen MR) is 96.8 cm³/mol. The van der Waals surface area contributed by atoms with Crippen LogP contribution in [0.15, 0.2) is 65.8 Å². The standard InChI is InChI=1S/C18H15ClN2O3S/c19-15-5-1-3-13(11-15)7-8-18(22)21-25(23,24)17-6-2-4-14-12-20-10-9-16(14)17/h1-6,9-12H,7-8H2,(H,21,22). The third-order valence-electron chi connectivity index (χ3n) is 3.71. The number of carbonyl (C=O) groups is 1. The molecule has 25 heavy (non-hydrogen) atoms. The van der Waals surface area contributed by atoms with Crippen molar-refractivity contribution in [1.29, 1.82) is 0 Å². The molecule has 0 unspecified atom stereocenters. The molecule has 1 heterocycles. The molecule has 0 radical (unpaired) electrons. The van der Waals surface area contributed by atoms with Gasteiger partial charge in [0, 0.05) is 34.6 Å². The van der Waals surface area contributed by atoms with Gasteiger partial charge in [-0.3, -0.25) is 9.78 Å². The number of fused-ring (bicyclic) bond motifs is 1. The Morgan fingerprint density at radius 2 is 1.92 bits per heavy atom. The minimum atomic E-state index is -3.95. The van der Waals surface area contributed by atoms with Gasteiger partial charge >= 0.3 is 0 Å². The Hall–Kier alpha value is -2.44. The molecule has 0 atom stereocenters. The van der Waals surface area contributed by atoms with E-state index in [2.05, 4.69) is 9.71 Å². The molecule has 7 heteroatoms. The van der Waals surface area contributed by atoms with Crippen LogP contribution in [0.4, 0.5) is 0 Å². The smallest absolute Gasteiger partial charge is 0.264 e. The summed E-state index contributed by atoms with van der Waals surface area (Å²) in [5, 5.41) is 1.79. The Labute approximate surface area is 150 Å². The molecule has 0 aliphatic rings. The minimum absolute atomic E-state index is 0.0475. The lowest BCUT2D eigenvalue weighted by Gasteiger charge is -2.09. The summed E-state index contributed by atoms with van der Waals surface area (Å²) in [6.45, 7) is 0. The number of nitrogens with one attached hydrogen (secondary N) is 1. The second-order valence-electron chi connectivity index (χ2n) is 5.51. The summed E-state index contributed by atoms with van der Waals surface area (Å²) < 4.78 is 27.2. The Morgan fingerprint density at radius 3 is 2.72 bits per heavy atom. The molecule has 2 aromatic carbocycles. The summed E-state index contributed by atoms with van der Waals surface area (Å²) in [6.07, 6.45) is 3.55. The number of nitrogens with zero attached hydrogens (tertiary/aromatic N) is 1.